The zero-order valence-electron chi connectivity index (χ0n) is 11.3. The number of hydrogen-bond acceptors (Lipinski definition) is 3. The first-order chi connectivity index (χ1) is 9.57. The summed E-state index contributed by atoms with van der Waals surface area (Å²) in [6.45, 7) is -0.0571. The Morgan fingerprint density at radius 3 is 2.45 bits per heavy atom. The van der Waals surface area contributed by atoms with Gasteiger partial charge in [-0.3, -0.25) is 0 Å². The molecule has 20 heavy (non-hydrogen) atoms. The molecule has 0 radical (unpaired) electrons. The van der Waals surface area contributed by atoms with Crippen LogP contribution >= 0.6 is 11.6 Å². The van der Waals surface area contributed by atoms with Gasteiger partial charge < -0.3 is 5.11 Å². The SMILES string of the molecule is O=S(=O)(c1ccccc1Cl)N(CCO)C1CCCCC1. The summed E-state index contributed by atoms with van der Waals surface area (Å²) < 4.78 is 27.0. The highest BCUT2D eigenvalue weighted by Gasteiger charge is 2.32. The molecule has 0 saturated heterocycles. The maximum Gasteiger partial charge on any atom is 0.244 e. The number of nitrogens with zero attached hydrogens (tertiary/aromatic N) is 1. The number of aliphatic hydroxyl groups excluding tert-OH is 1. The Hall–Kier alpha value is -0.620. The monoisotopic (exact) mass is 317 g/mol. The van der Waals surface area contributed by atoms with E-state index in [1.54, 1.807) is 18.2 Å². The van der Waals surface area contributed by atoms with E-state index < -0.39 is 10.0 Å². The summed E-state index contributed by atoms with van der Waals surface area (Å²) in [6.07, 6.45) is 4.91. The van der Waals surface area contributed by atoms with Crippen molar-refractivity contribution < 1.29 is 13.5 Å². The molecule has 0 atom stereocenters. The lowest BCUT2D eigenvalue weighted by atomic mass is 9.95. The minimum atomic E-state index is -3.65. The van der Waals surface area contributed by atoms with Crippen molar-refractivity contribution >= 4 is 21.6 Å². The zero-order chi connectivity index (χ0) is 14.6. The van der Waals surface area contributed by atoms with Crippen LogP contribution in [0.1, 0.15) is 32.1 Å². The maximum absolute atomic E-state index is 12.8. The van der Waals surface area contributed by atoms with Gasteiger partial charge in [0.25, 0.3) is 0 Å². The highest BCUT2D eigenvalue weighted by molar-refractivity contribution is 7.89. The molecule has 2 rings (SSSR count). The molecule has 0 spiro atoms. The molecule has 1 aromatic carbocycles. The largest absolute Gasteiger partial charge is 0.395 e. The molecule has 0 bridgehead atoms. The smallest absolute Gasteiger partial charge is 0.244 e. The number of benzene rings is 1. The van der Waals surface area contributed by atoms with Crippen LogP contribution in [0, 0.1) is 0 Å². The van der Waals surface area contributed by atoms with Gasteiger partial charge in [0, 0.05) is 12.6 Å². The summed E-state index contributed by atoms with van der Waals surface area (Å²) in [5.74, 6) is 0. The van der Waals surface area contributed by atoms with Crippen molar-refractivity contribution in [2.24, 2.45) is 0 Å². The standard InChI is InChI=1S/C14H20ClNO3S/c15-13-8-4-5-9-14(13)20(18,19)16(10-11-17)12-6-2-1-3-7-12/h4-5,8-9,12,17H,1-3,6-7,10-11H2. The number of sulfonamides is 1. The van der Waals surface area contributed by atoms with Crippen molar-refractivity contribution in [3.8, 4) is 0 Å². The Morgan fingerprint density at radius 2 is 1.85 bits per heavy atom. The van der Waals surface area contributed by atoms with Crippen LogP contribution in [0.4, 0.5) is 0 Å². The molecule has 1 aliphatic rings. The molecule has 1 saturated carbocycles. The molecule has 1 N–H and O–H groups in total. The molecular formula is C14H20ClNO3S. The third kappa shape index (κ3) is 3.34. The van der Waals surface area contributed by atoms with Gasteiger partial charge in [-0.2, -0.15) is 4.31 Å². The Bertz CT molecular complexity index is 541. The second-order valence-corrected chi connectivity index (χ2v) is 7.33. The van der Waals surface area contributed by atoms with E-state index in [2.05, 4.69) is 0 Å². The van der Waals surface area contributed by atoms with E-state index in [4.69, 9.17) is 11.6 Å². The van der Waals surface area contributed by atoms with Crippen molar-refractivity contribution in [3.63, 3.8) is 0 Å². The topological polar surface area (TPSA) is 57.6 Å². The van der Waals surface area contributed by atoms with Gasteiger partial charge in [-0.05, 0) is 25.0 Å². The van der Waals surface area contributed by atoms with E-state index in [0.29, 0.717) is 0 Å². The molecule has 1 aliphatic carbocycles. The fraction of sp³-hybridized carbons (Fsp3) is 0.571. The van der Waals surface area contributed by atoms with Gasteiger partial charge >= 0.3 is 0 Å². The van der Waals surface area contributed by atoms with Crippen LogP contribution in [0.3, 0.4) is 0 Å². The second kappa shape index (κ2) is 6.89. The summed E-state index contributed by atoms with van der Waals surface area (Å²) in [5.41, 5.74) is 0. The third-order valence-electron chi connectivity index (χ3n) is 3.73. The maximum atomic E-state index is 12.8. The van der Waals surface area contributed by atoms with E-state index in [0.717, 1.165) is 32.1 Å². The van der Waals surface area contributed by atoms with Gasteiger partial charge in [0.15, 0.2) is 0 Å². The van der Waals surface area contributed by atoms with E-state index >= 15 is 0 Å². The lowest BCUT2D eigenvalue weighted by molar-refractivity contribution is 0.199. The van der Waals surface area contributed by atoms with Crippen LogP contribution in [0.25, 0.3) is 0 Å². The molecule has 1 aromatic rings. The van der Waals surface area contributed by atoms with E-state index in [9.17, 15) is 13.5 Å². The zero-order valence-corrected chi connectivity index (χ0v) is 12.9. The summed E-state index contributed by atoms with van der Waals surface area (Å²) in [5, 5.41) is 9.44. The molecule has 4 nitrogen and oxygen atoms in total. The number of hydrogen-bond donors (Lipinski definition) is 1. The highest BCUT2D eigenvalue weighted by Crippen LogP contribution is 2.30. The third-order valence-corrected chi connectivity index (χ3v) is 6.18. The normalized spacial score (nSPS) is 17.6. The summed E-state index contributed by atoms with van der Waals surface area (Å²) >= 11 is 6.02. The minimum Gasteiger partial charge on any atom is -0.395 e. The molecule has 0 unspecified atom stereocenters. The van der Waals surface area contributed by atoms with E-state index in [-0.39, 0.29) is 29.1 Å². The lowest BCUT2D eigenvalue weighted by Gasteiger charge is -2.33. The van der Waals surface area contributed by atoms with Crippen molar-refractivity contribution in [2.75, 3.05) is 13.2 Å². The van der Waals surface area contributed by atoms with Crippen LogP contribution < -0.4 is 0 Å². The van der Waals surface area contributed by atoms with E-state index in [1.807, 2.05) is 0 Å². The molecule has 1 fully saturated rings. The molecule has 0 aliphatic heterocycles. The average molecular weight is 318 g/mol. The Kier molecular flexibility index (Phi) is 5.43. The summed E-state index contributed by atoms with van der Waals surface area (Å²) in [4.78, 5) is 0.126. The fourth-order valence-corrected chi connectivity index (χ4v) is 4.92. The van der Waals surface area contributed by atoms with Crippen molar-refractivity contribution in [1.29, 1.82) is 0 Å². The van der Waals surface area contributed by atoms with Crippen LogP contribution in [-0.4, -0.2) is 37.0 Å². The van der Waals surface area contributed by atoms with Gasteiger partial charge in [0.2, 0.25) is 10.0 Å². The molecule has 0 heterocycles. The van der Waals surface area contributed by atoms with Gasteiger partial charge in [0.05, 0.1) is 11.6 Å². The molecule has 0 aromatic heterocycles. The van der Waals surface area contributed by atoms with Crippen molar-refractivity contribution in [2.45, 2.75) is 43.0 Å². The minimum absolute atomic E-state index is 0.0304. The molecule has 112 valence electrons. The predicted octanol–water partition coefficient (Wildman–Crippen LogP) is 2.66. The quantitative estimate of drug-likeness (QED) is 0.908. The average Bonchev–Trinajstić information content (AvgIpc) is 2.45. The first-order valence-corrected chi connectivity index (χ1v) is 8.76. The summed E-state index contributed by atoms with van der Waals surface area (Å²) in [6, 6.07) is 6.43. The first kappa shape index (κ1) is 15.8. The number of halogens is 1. The van der Waals surface area contributed by atoms with Crippen molar-refractivity contribution in [3.05, 3.63) is 29.3 Å². The van der Waals surface area contributed by atoms with Gasteiger partial charge in [0.1, 0.15) is 4.90 Å². The molecule has 6 heteroatoms. The Morgan fingerprint density at radius 1 is 1.20 bits per heavy atom. The van der Waals surface area contributed by atoms with Crippen LogP contribution in [0.2, 0.25) is 5.02 Å². The molecular weight excluding hydrogens is 298 g/mol. The Balaban J connectivity index is 2.34. The predicted molar refractivity (Wildman–Crippen MR) is 79.3 cm³/mol. The van der Waals surface area contributed by atoms with Crippen molar-refractivity contribution in [1.82, 2.24) is 4.31 Å². The van der Waals surface area contributed by atoms with Gasteiger partial charge in [-0.1, -0.05) is 43.0 Å². The number of rotatable bonds is 5. The Labute approximate surface area is 125 Å². The van der Waals surface area contributed by atoms with Crippen LogP contribution in [0.5, 0.6) is 0 Å². The summed E-state index contributed by atoms with van der Waals surface area (Å²) in [7, 11) is -3.65. The van der Waals surface area contributed by atoms with Gasteiger partial charge in [-0.25, -0.2) is 8.42 Å². The highest BCUT2D eigenvalue weighted by atomic mass is 35.5. The number of aliphatic hydroxyl groups is 1. The van der Waals surface area contributed by atoms with Crippen LogP contribution in [0.15, 0.2) is 29.2 Å². The fourth-order valence-electron chi connectivity index (χ4n) is 2.75. The lowest BCUT2D eigenvalue weighted by Crippen LogP contribution is -2.43. The van der Waals surface area contributed by atoms with Crippen LogP contribution in [-0.2, 0) is 10.0 Å². The van der Waals surface area contributed by atoms with E-state index in [1.165, 1.54) is 10.4 Å². The van der Waals surface area contributed by atoms with Gasteiger partial charge in [-0.15, -0.1) is 0 Å². The molecule has 0 amide bonds. The first-order valence-electron chi connectivity index (χ1n) is 6.94. The second-order valence-electron chi connectivity index (χ2n) is 5.06.